The molecule has 4 heterocycles. The molecule has 0 amide bonds. The van der Waals surface area contributed by atoms with Crippen molar-refractivity contribution < 1.29 is 9.84 Å². The number of hydrogen-bond acceptors (Lipinski definition) is 8. The second-order valence-corrected chi connectivity index (χ2v) is 9.32. The quantitative estimate of drug-likeness (QED) is 0.476. The highest BCUT2D eigenvalue weighted by Gasteiger charge is 2.30. The van der Waals surface area contributed by atoms with Crippen LogP contribution in [0.1, 0.15) is 45.4 Å². The molecule has 1 aliphatic rings. The number of methoxy groups -OCH3 is 1. The van der Waals surface area contributed by atoms with Crippen molar-refractivity contribution in [1.82, 2.24) is 29.4 Å². The van der Waals surface area contributed by atoms with E-state index in [4.69, 9.17) is 20.6 Å². The smallest absolute Gasteiger partial charge is 0.223 e. The van der Waals surface area contributed by atoms with Gasteiger partial charge in [0.15, 0.2) is 11.5 Å². The van der Waals surface area contributed by atoms with Crippen molar-refractivity contribution in [3.8, 4) is 5.75 Å². The Bertz CT molecular complexity index is 1310. The molecule has 10 heteroatoms. The summed E-state index contributed by atoms with van der Waals surface area (Å²) in [6.07, 6.45) is 5.38. The summed E-state index contributed by atoms with van der Waals surface area (Å²) in [5, 5.41) is 20.3. The summed E-state index contributed by atoms with van der Waals surface area (Å²) < 4.78 is 8.79. The molecule has 0 bridgehead atoms. The lowest BCUT2D eigenvalue weighted by molar-refractivity contribution is 0.0647. The van der Waals surface area contributed by atoms with Crippen LogP contribution in [0.2, 0.25) is 0 Å². The molecule has 0 radical (unpaired) electrons. The molecule has 2 atom stereocenters. The molecule has 0 spiro atoms. The van der Waals surface area contributed by atoms with Crippen LogP contribution >= 0.6 is 0 Å². The van der Waals surface area contributed by atoms with Crippen molar-refractivity contribution in [2.45, 2.75) is 51.2 Å². The minimum atomic E-state index is -0.518. The highest BCUT2D eigenvalue weighted by atomic mass is 16.5. The van der Waals surface area contributed by atoms with E-state index >= 15 is 0 Å². The third-order valence-electron chi connectivity index (χ3n) is 6.85. The van der Waals surface area contributed by atoms with Gasteiger partial charge in [-0.05, 0) is 45.7 Å². The van der Waals surface area contributed by atoms with Crippen molar-refractivity contribution in [2.24, 2.45) is 0 Å². The summed E-state index contributed by atoms with van der Waals surface area (Å²) >= 11 is 0. The molecule has 0 unspecified atom stereocenters. The van der Waals surface area contributed by atoms with Gasteiger partial charge in [0.25, 0.3) is 0 Å². The van der Waals surface area contributed by atoms with Gasteiger partial charge in [0.2, 0.25) is 5.95 Å². The first kappa shape index (κ1) is 21.4. The molecule has 3 aromatic heterocycles. The van der Waals surface area contributed by atoms with E-state index in [1.54, 1.807) is 18.5 Å². The van der Waals surface area contributed by atoms with Gasteiger partial charge in [-0.2, -0.15) is 9.61 Å². The van der Waals surface area contributed by atoms with E-state index in [1.807, 2.05) is 49.1 Å². The minimum Gasteiger partial charge on any atom is -0.497 e. The van der Waals surface area contributed by atoms with Crippen molar-refractivity contribution in [3.63, 3.8) is 0 Å². The molecular weight excluding hydrogens is 420 g/mol. The van der Waals surface area contributed by atoms with Gasteiger partial charge in [-0.15, -0.1) is 5.10 Å². The van der Waals surface area contributed by atoms with E-state index in [9.17, 15) is 5.11 Å². The number of aromatic nitrogens is 6. The van der Waals surface area contributed by atoms with Crippen molar-refractivity contribution in [1.29, 1.82) is 0 Å². The first-order chi connectivity index (χ1) is 15.8. The van der Waals surface area contributed by atoms with Crippen LogP contribution in [0, 0.1) is 0 Å². The number of piperidine rings is 1. The third-order valence-corrected chi connectivity index (χ3v) is 6.85. The van der Waals surface area contributed by atoms with E-state index in [1.165, 1.54) is 0 Å². The van der Waals surface area contributed by atoms with Crippen LogP contribution in [0.25, 0.3) is 16.6 Å². The number of ether oxygens (including phenoxy) is 1. The van der Waals surface area contributed by atoms with Crippen LogP contribution in [-0.4, -0.2) is 60.8 Å². The van der Waals surface area contributed by atoms with Crippen LogP contribution in [0.4, 0.5) is 11.6 Å². The van der Waals surface area contributed by atoms with Gasteiger partial charge in [-0.3, -0.25) is 4.68 Å². The van der Waals surface area contributed by atoms with E-state index < -0.39 is 11.6 Å². The van der Waals surface area contributed by atoms with Gasteiger partial charge in [0.1, 0.15) is 5.75 Å². The molecule has 33 heavy (non-hydrogen) atoms. The predicted molar refractivity (Wildman–Crippen MR) is 127 cm³/mol. The largest absolute Gasteiger partial charge is 0.497 e. The SMILES string of the molecule is COc1ccc2c(c1)nc(N)n1nc([C@@H]3CCCN(c4cnn(C(C)(C)[C@H](C)O)c4)C3)nc21. The maximum Gasteiger partial charge on any atom is 0.223 e. The number of hydrogen-bond donors (Lipinski definition) is 2. The molecule has 1 saturated heterocycles. The molecule has 1 aromatic carbocycles. The average Bonchev–Trinajstić information content (AvgIpc) is 3.47. The van der Waals surface area contributed by atoms with Gasteiger partial charge in [-0.1, -0.05) is 0 Å². The van der Waals surface area contributed by atoms with E-state index in [0.717, 1.165) is 54.1 Å². The molecule has 3 N–H and O–H groups in total. The summed E-state index contributed by atoms with van der Waals surface area (Å²) in [4.78, 5) is 11.7. The molecule has 174 valence electrons. The van der Waals surface area contributed by atoms with E-state index in [0.29, 0.717) is 11.6 Å². The second kappa shape index (κ2) is 7.87. The Balaban J connectivity index is 1.45. The fourth-order valence-electron chi connectivity index (χ4n) is 4.33. The minimum absolute atomic E-state index is 0.166. The monoisotopic (exact) mass is 450 g/mol. The number of aliphatic hydroxyl groups excluding tert-OH is 1. The van der Waals surface area contributed by atoms with Gasteiger partial charge in [0.05, 0.1) is 36.2 Å². The Morgan fingerprint density at radius 2 is 2.09 bits per heavy atom. The van der Waals surface area contributed by atoms with Crippen LogP contribution in [0.15, 0.2) is 30.6 Å². The number of nitrogen functional groups attached to an aromatic ring is 1. The fourth-order valence-corrected chi connectivity index (χ4v) is 4.33. The summed E-state index contributed by atoms with van der Waals surface area (Å²) in [6.45, 7) is 7.47. The number of nitrogens with two attached hydrogens (primary N) is 1. The highest BCUT2D eigenvalue weighted by Crippen LogP contribution is 2.31. The van der Waals surface area contributed by atoms with Crippen molar-refractivity contribution in [2.75, 3.05) is 30.8 Å². The number of aliphatic hydroxyl groups is 1. The molecule has 0 saturated carbocycles. The van der Waals surface area contributed by atoms with Gasteiger partial charge in [0, 0.05) is 36.7 Å². The number of nitrogens with zero attached hydrogens (tertiary/aromatic N) is 7. The molecule has 5 rings (SSSR count). The molecule has 1 aliphatic heterocycles. The van der Waals surface area contributed by atoms with Gasteiger partial charge < -0.3 is 20.5 Å². The van der Waals surface area contributed by atoms with Crippen molar-refractivity contribution in [3.05, 3.63) is 36.4 Å². The Labute approximate surface area is 192 Å². The molecular formula is C23H30N8O2. The van der Waals surface area contributed by atoms with Gasteiger partial charge >= 0.3 is 0 Å². The first-order valence-corrected chi connectivity index (χ1v) is 11.3. The predicted octanol–water partition coefficient (Wildman–Crippen LogP) is 2.56. The second-order valence-electron chi connectivity index (χ2n) is 9.32. The zero-order chi connectivity index (χ0) is 23.3. The van der Waals surface area contributed by atoms with Crippen LogP contribution in [0.5, 0.6) is 5.75 Å². The Hall–Kier alpha value is -3.40. The lowest BCUT2D eigenvalue weighted by Crippen LogP contribution is -2.38. The van der Waals surface area contributed by atoms with E-state index in [-0.39, 0.29) is 5.92 Å². The summed E-state index contributed by atoms with van der Waals surface area (Å²) in [5.41, 5.74) is 8.21. The van der Waals surface area contributed by atoms with Crippen LogP contribution in [-0.2, 0) is 5.54 Å². The lowest BCUT2D eigenvalue weighted by Gasteiger charge is -2.32. The topological polar surface area (TPSA) is 120 Å². The standard InChI is InChI=1S/C23H30N8O2/c1-14(32)23(2,3)30-13-16(11-25-30)29-9-5-6-15(12-29)20-27-21-18-8-7-17(33-4)10-19(18)26-22(24)31(21)28-20/h7-8,10-11,13-15,32H,5-6,9,12H2,1-4H3,(H2,24,26)/t14-,15+/m0/s1. The number of anilines is 2. The maximum atomic E-state index is 10.1. The molecule has 4 aromatic rings. The number of benzene rings is 1. The summed E-state index contributed by atoms with van der Waals surface area (Å²) in [5.74, 6) is 1.97. The van der Waals surface area contributed by atoms with E-state index in [2.05, 4.69) is 15.0 Å². The highest BCUT2D eigenvalue weighted by molar-refractivity contribution is 5.93. The normalized spacial score (nSPS) is 18.2. The number of fused-ring (bicyclic) bond motifs is 3. The van der Waals surface area contributed by atoms with Gasteiger partial charge in [-0.25, -0.2) is 9.97 Å². The Morgan fingerprint density at radius 3 is 2.85 bits per heavy atom. The number of rotatable bonds is 5. The lowest BCUT2D eigenvalue weighted by atomic mass is 9.97. The Morgan fingerprint density at radius 1 is 1.27 bits per heavy atom. The summed E-state index contributed by atoms with van der Waals surface area (Å²) in [7, 11) is 1.63. The average molecular weight is 451 g/mol. The molecule has 0 aliphatic carbocycles. The third kappa shape index (κ3) is 3.64. The van der Waals surface area contributed by atoms with Crippen LogP contribution < -0.4 is 15.4 Å². The summed E-state index contributed by atoms with van der Waals surface area (Å²) in [6, 6.07) is 5.69. The van der Waals surface area contributed by atoms with Crippen molar-refractivity contribution >= 4 is 28.2 Å². The first-order valence-electron chi connectivity index (χ1n) is 11.3. The molecule has 1 fully saturated rings. The zero-order valence-corrected chi connectivity index (χ0v) is 19.4. The molecule has 10 nitrogen and oxygen atoms in total. The Kier molecular flexibility index (Phi) is 5.12. The fraction of sp³-hybridized carbons (Fsp3) is 0.478. The zero-order valence-electron chi connectivity index (χ0n) is 19.4. The maximum absolute atomic E-state index is 10.1. The van der Waals surface area contributed by atoms with Crippen LogP contribution in [0.3, 0.4) is 0 Å².